The molecule has 0 spiro atoms. The Balaban J connectivity index is 1.56. The maximum atomic E-state index is 13.4. The van der Waals surface area contributed by atoms with Crippen molar-refractivity contribution >= 4 is 28.6 Å². The summed E-state index contributed by atoms with van der Waals surface area (Å²) in [7, 11) is 1.55. The molecule has 0 bridgehead atoms. The molecule has 0 radical (unpaired) electrons. The fourth-order valence-electron chi connectivity index (χ4n) is 3.13. The minimum absolute atomic E-state index is 0.206. The normalized spacial score (nSPS) is 15.0. The number of aromatic amines is 1. The van der Waals surface area contributed by atoms with Crippen LogP contribution in [-0.2, 0) is 0 Å². The van der Waals surface area contributed by atoms with Crippen molar-refractivity contribution in [2.75, 3.05) is 48.8 Å². The van der Waals surface area contributed by atoms with Gasteiger partial charge < -0.3 is 25.3 Å². The van der Waals surface area contributed by atoms with E-state index in [9.17, 15) is 4.39 Å². The first kappa shape index (κ1) is 15.4. The second-order valence-corrected chi connectivity index (χ2v) is 5.80. The van der Waals surface area contributed by atoms with Gasteiger partial charge >= 0.3 is 0 Å². The first-order valence-electron chi connectivity index (χ1n) is 7.96. The molecule has 0 saturated carbocycles. The van der Waals surface area contributed by atoms with Crippen molar-refractivity contribution in [2.24, 2.45) is 0 Å². The third-order valence-corrected chi connectivity index (χ3v) is 4.35. The number of nitrogen functional groups attached to an aromatic ring is 1. The smallest absolute Gasteiger partial charge is 0.224 e. The van der Waals surface area contributed by atoms with Gasteiger partial charge in [-0.15, -0.1) is 0 Å². The Hall–Kier alpha value is -3.10. The number of ether oxygens (including phenoxy) is 1. The molecule has 1 aliphatic rings. The van der Waals surface area contributed by atoms with Crippen molar-refractivity contribution in [3.05, 3.63) is 30.3 Å². The fourth-order valence-corrected chi connectivity index (χ4v) is 3.13. The van der Waals surface area contributed by atoms with Crippen LogP contribution in [0.5, 0.6) is 5.75 Å². The number of benzene rings is 1. The molecule has 0 atom stereocenters. The monoisotopic (exact) mass is 343 g/mol. The van der Waals surface area contributed by atoms with Gasteiger partial charge in [-0.25, -0.2) is 9.37 Å². The van der Waals surface area contributed by atoms with E-state index in [1.165, 1.54) is 12.1 Å². The number of nitrogens with one attached hydrogen (secondary N) is 1. The zero-order valence-electron chi connectivity index (χ0n) is 13.7. The number of aromatic nitrogens is 4. The lowest BCUT2D eigenvalue weighted by Crippen LogP contribution is -2.47. The number of H-pyrrole nitrogens is 1. The second kappa shape index (κ2) is 6.08. The Morgan fingerprint density at radius 2 is 1.92 bits per heavy atom. The highest BCUT2D eigenvalue weighted by atomic mass is 19.1. The van der Waals surface area contributed by atoms with Crippen LogP contribution in [0, 0.1) is 5.82 Å². The van der Waals surface area contributed by atoms with E-state index in [0.717, 1.165) is 43.2 Å². The van der Waals surface area contributed by atoms with E-state index in [2.05, 4.69) is 29.7 Å². The molecule has 0 amide bonds. The Labute approximate surface area is 143 Å². The number of nitrogens with zero attached hydrogens (tertiary/aromatic N) is 5. The number of hydrogen-bond acceptors (Lipinski definition) is 7. The Bertz CT molecular complexity index is 905. The standard InChI is InChI=1S/C16H18FN7O/c1-25-12-8-10(17)2-3-11(12)23-4-6-24(7-5-23)15-13-14(20-9-19-13)21-16(18)22-15/h2-3,8-9H,4-7H2,1H3,(H3,18,19,20,21,22). The fraction of sp³-hybridized carbons (Fsp3) is 0.312. The Kier molecular flexibility index (Phi) is 3.75. The molecule has 4 rings (SSSR count). The summed E-state index contributed by atoms with van der Waals surface area (Å²) in [4.78, 5) is 20.0. The number of hydrogen-bond donors (Lipinski definition) is 2. The lowest BCUT2D eigenvalue weighted by Gasteiger charge is -2.37. The molecule has 1 aromatic carbocycles. The van der Waals surface area contributed by atoms with Gasteiger partial charge in [0.15, 0.2) is 11.5 Å². The quantitative estimate of drug-likeness (QED) is 0.742. The van der Waals surface area contributed by atoms with Crippen molar-refractivity contribution in [3.63, 3.8) is 0 Å². The van der Waals surface area contributed by atoms with E-state index in [-0.39, 0.29) is 11.8 Å². The molecule has 3 N–H and O–H groups in total. The van der Waals surface area contributed by atoms with E-state index in [1.54, 1.807) is 19.5 Å². The maximum absolute atomic E-state index is 13.4. The number of anilines is 3. The van der Waals surface area contributed by atoms with Gasteiger partial charge in [0.05, 0.1) is 19.1 Å². The summed E-state index contributed by atoms with van der Waals surface area (Å²) in [6, 6.07) is 4.60. The highest BCUT2D eigenvalue weighted by Crippen LogP contribution is 2.31. The first-order valence-corrected chi connectivity index (χ1v) is 7.96. The van der Waals surface area contributed by atoms with Gasteiger partial charge in [-0.2, -0.15) is 9.97 Å². The number of fused-ring (bicyclic) bond motifs is 1. The molecule has 2 aromatic heterocycles. The lowest BCUT2D eigenvalue weighted by molar-refractivity contribution is 0.410. The summed E-state index contributed by atoms with van der Waals surface area (Å²) in [5.41, 5.74) is 8.02. The molecule has 9 heteroatoms. The van der Waals surface area contributed by atoms with Crippen LogP contribution in [0.15, 0.2) is 24.5 Å². The van der Waals surface area contributed by atoms with E-state index in [0.29, 0.717) is 11.4 Å². The van der Waals surface area contributed by atoms with Crippen molar-refractivity contribution < 1.29 is 9.13 Å². The van der Waals surface area contributed by atoms with E-state index < -0.39 is 0 Å². The van der Waals surface area contributed by atoms with Crippen molar-refractivity contribution in [3.8, 4) is 5.75 Å². The molecule has 1 aliphatic heterocycles. The molecular formula is C16H18FN7O. The predicted octanol–water partition coefficient (Wildman–Crippen LogP) is 1.41. The lowest BCUT2D eigenvalue weighted by atomic mass is 10.2. The highest BCUT2D eigenvalue weighted by molar-refractivity contribution is 5.84. The van der Waals surface area contributed by atoms with Crippen molar-refractivity contribution in [2.45, 2.75) is 0 Å². The number of piperazine rings is 1. The van der Waals surface area contributed by atoms with Crippen LogP contribution >= 0.6 is 0 Å². The molecule has 3 aromatic rings. The van der Waals surface area contributed by atoms with E-state index in [4.69, 9.17) is 10.5 Å². The van der Waals surface area contributed by atoms with Gasteiger partial charge in [-0.1, -0.05) is 0 Å². The van der Waals surface area contributed by atoms with Crippen molar-refractivity contribution in [1.29, 1.82) is 0 Å². The molecule has 130 valence electrons. The third kappa shape index (κ3) is 2.77. The van der Waals surface area contributed by atoms with Crippen LogP contribution in [0.25, 0.3) is 11.2 Å². The Morgan fingerprint density at radius 1 is 1.16 bits per heavy atom. The van der Waals surface area contributed by atoms with Crippen LogP contribution in [0.2, 0.25) is 0 Å². The molecule has 8 nitrogen and oxygen atoms in total. The summed E-state index contributed by atoms with van der Waals surface area (Å²) < 4.78 is 18.7. The third-order valence-electron chi connectivity index (χ3n) is 4.35. The highest BCUT2D eigenvalue weighted by Gasteiger charge is 2.23. The first-order chi connectivity index (χ1) is 12.2. The zero-order valence-corrected chi connectivity index (χ0v) is 13.7. The summed E-state index contributed by atoms with van der Waals surface area (Å²) in [5.74, 6) is 1.19. The molecule has 0 unspecified atom stereocenters. The van der Waals surface area contributed by atoms with Crippen LogP contribution in [-0.4, -0.2) is 53.2 Å². The summed E-state index contributed by atoms with van der Waals surface area (Å²) in [6.07, 6.45) is 1.59. The largest absolute Gasteiger partial charge is 0.494 e. The number of halogens is 1. The number of rotatable bonds is 3. The van der Waals surface area contributed by atoms with E-state index in [1.807, 2.05) is 0 Å². The van der Waals surface area contributed by atoms with Gasteiger partial charge in [0.1, 0.15) is 17.1 Å². The maximum Gasteiger partial charge on any atom is 0.224 e. The van der Waals surface area contributed by atoms with Gasteiger partial charge in [-0.3, -0.25) is 0 Å². The zero-order chi connectivity index (χ0) is 17.4. The molecular weight excluding hydrogens is 325 g/mol. The number of methoxy groups -OCH3 is 1. The average molecular weight is 343 g/mol. The second-order valence-electron chi connectivity index (χ2n) is 5.80. The number of nitrogens with two attached hydrogens (primary N) is 1. The van der Waals surface area contributed by atoms with Gasteiger partial charge in [0.25, 0.3) is 0 Å². The summed E-state index contributed by atoms with van der Waals surface area (Å²) in [5, 5.41) is 0. The molecule has 25 heavy (non-hydrogen) atoms. The van der Waals surface area contributed by atoms with Crippen LogP contribution < -0.4 is 20.3 Å². The topological polar surface area (TPSA) is 96.2 Å². The molecule has 3 heterocycles. The van der Waals surface area contributed by atoms with E-state index >= 15 is 0 Å². The number of imidazole rings is 1. The SMILES string of the molecule is COc1cc(F)ccc1N1CCN(c2nc(N)nc3nc[nH]c23)CC1. The van der Waals surface area contributed by atoms with Gasteiger partial charge in [0, 0.05) is 32.2 Å². The molecule has 0 aliphatic carbocycles. The Morgan fingerprint density at radius 3 is 2.68 bits per heavy atom. The average Bonchev–Trinajstić information content (AvgIpc) is 3.09. The molecule has 1 fully saturated rings. The van der Waals surface area contributed by atoms with Crippen LogP contribution in [0.4, 0.5) is 21.8 Å². The van der Waals surface area contributed by atoms with Gasteiger partial charge in [-0.05, 0) is 12.1 Å². The minimum atomic E-state index is -0.308. The predicted molar refractivity (Wildman–Crippen MR) is 93.5 cm³/mol. The van der Waals surface area contributed by atoms with Gasteiger partial charge in [0.2, 0.25) is 5.95 Å². The van der Waals surface area contributed by atoms with Crippen LogP contribution in [0.3, 0.4) is 0 Å². The van der Waals surface area contributed by atoms with Crippen molar-refractivity contribution in [1.82, 2.24) is 19.9 Å². The summed E-state index contributed by atoms with van der Waals surface area (Å²) >= 11 is 0. The summed E-state index contributed by atoms with van der Waals surface area (Å²) in [6.45, 7) is 2.99. The molecule has 1 saturated heterocycles. The minimum Gasteiger partial charge on any atom is -0.494 e. The van der Waals surface area contributed by atoms with Crippen LogP contribution in [0.1, 0.15) is 0 Å².